The SMILES string of the molecule is CCN(CC)CCOCCNc1c(C)c(=S)c1=O. The number of rotatable bonds is 9. The second-order valence-electron chi connectivity index (χ2n) is 4.22. The van der Waals surface area contributed by atoms with Gasteiger partial charge in [0.25, 0.3) is 0 Å². The highest BCUT2D eigenvalue weighted by atomic mass is 32.1. The number of likely N-dealkylation sites (N-methyl/N-ethyl adjacent to an activating group) is 1. The Labute approximate surface area is 114 Å². The molecule has 1 N–H and O–H groups in total. The molecular weight excluding hydrogens is 248 g/mol. The van der Waals surface area contributed by atoms with Gasteiger partial charge in [-0.15, -0.1) is 0 Å². The topological polar surface area (TPSA) is 41.6 Å². The van der Waals surface area contributed by atoms with Gasteiger partial charge in [-0.05, 0) is 25.6 Å². The average Bonchev–Trinajstić information content (AvgIpc) is 2.41. The van der Waals surface area contributed by atoms with Gasteiger partial charge in [-0.3, -0.25) is 4.79 Å². The quantitative estimate of drug-likeness (QED) is 0.547. The first-order valence-corrected chi connectivity index (χ1v) is 6.86. The molecule has 1 rings (SSSR count). The van der Waals surface area contributed by atoms with Crippen molar-refractivity contribution in [1.82, 2.24) is 4.90 Å². The molecule has 0 unspecified atom stereocenters. The summed E-state index contributed by atoms with van der Waals surface area (Å²) in [4.78, 5) is 13.7. The highest BCUT2D eigenvalue weighted by molar-refractivity contribution is 7.71. The molecule has 0 aliphatic rings. The van der Waals surface area contributed by atoms with Gasteiger partial charge < -0.3 is 15.0 Å². The molecule has 0 spiro atoms. The highest BCUT2D eigenvalue weighted by Gasteiger charge is 2.12. The van der Waals surface area contributed by atoms with Crippen LogP contribution in [-0.4, -0.2) is 44.3 Å². The Kier molecular flexibility index (Phi) is 6.46. The molecule has 4 nitrogen and oxygen atoms in total. The zero-order valence-corrected chi connectivity index (χ0v) is 12.2. The fraction of sp³-hybridized carbons (Fsp3) is 0.692. The Bertz CT molecular complexity index is 434. The van der Waals surface area contributed by atoms with E-state index in [9.17, 15) is 4.79 Å². The summed E-state index contributed by atoms with van der Waals surface area (Å²) in [5, 5.41) is 3.07. The first-order chi connectivity index (χ1) is 8.61. The monoisotopic (exact) mass is 270 g/mol. The minimum atomic E-state index is -0.0364. The van der Waals surface area contributed by atoms with Gasteiger partial charge >= 0.3 is 0 Å². The lowest BCUT2D eigenvalue weighted by Crippen LogP contribution is -2.28. The van der Waals surface area contributed by atoms with Crippen molar-refractivity contribution in [3.63, 3.8) is 0 Å². The maximum atomic E-state index is 11.3. The third-order valence-electron chi connectivity index (χ3n) is 3.14. The molecule has 0 aromatic heterocycles. The first-order valence-electron chi connectivity index (χ1n) is 6.45. The van der Waals surface area contributed by atoms with Gasteiger partial charge in [-0.1, -0.05) is 26.1 Å². The van der Waals surface area contributed by atoms with Gasteiger partial charge in [0.2, 0.25) is 5.43 Å². The van der Waals surface area contributed by atoms with E-state index in [-0.39, 0.29) is 5.43 Å². The van der Waals surface area contributed by atoms with Crippen LogP contribution < -0.4 is 10.7 Å². The maximum Gasteiger partial charge on any atom is 0.220 e. The van der Waals surface area contributed by atoms with Crippen LogP contribution in [0.2, 0.25) is 0 Å². The van der Waals surface area contributed by atoms with Crippen molar-refractivity contribution in [3.05, 3.63) is 20.3 Å². The number of ether oxygens (including phenoxy) is 1. The van der Waals surface area contributed by atoms with E-state index in [2.05, 4.69) is 24.1 Å². The third kappa shape index (κ3) is 3.86. The Morgan fingerprint density at radius 1 is 1.28 bits per heavy atom. The lowest BCUT2D eigenvalue weighted by molar-refractivity contribution is 0.114. The van der Waals surface area contributed by atoms with E-state index >= 15 is 0 Å². The third-order valence-corrected chi connectivity index (χ3v) is 3.63. The first kappa shape index (κ1) is 15.3. The minimum absolute atomic E-state index is 0.0364. The Morgan fingerprint density at radius 2 is 1.94 bits per heavy atom. The van der Waals surface area contributed by atoms with Crippen molar-refractivity contribution >= 4 is 17.9 Å². The molecule has 102 valence electrons. The lowest BCUT2D eigenvalue weighted by Gasteiger charge is -2.18. The fourth-order valence-electron chi connectivity index (χ4n) is 1.80. The van der Waals surface area contributed by atoms with Crippen LogP contribution in [0.15, 0.2) is 4.79 Å². The Balaban J connectivity index is 2.10. The number of anilines is 1. The van der Waals surface area contributed by atoms with Crippen molar-refractivity contribution in [3.8, 4) is 0 Å². The molecule has 0 radical (unpaired) electrons. The zero-order chi connectivity index (χ0) is 13.5. The highest BCUT2D eigenvalue weighted by Crippen LogP contribution is 2.13. The van der Waals surface area contributed by atoms with Crippen LogP contribution in [0, 0.1) is 11.4 Å². The van der Waals surface area contributed by atoms with Gasteiger partial charge in [0, 0.05) is 13.1 Å². The van der Waals surface area contributed by atoms with Crippen molar-refractivity contribution in [2.75, 3.05) is 44.7 Å². The normalized spacial score (nSPS) is 11.3. The lowest BCUT2D eigenvalue weighted by atomic mass is 10.1. The molecule has 18 heavy (non-hydrogen) atoms. The molecular formula is C13H22N2O2S. The molecule has 1 aromatic carbocycles. The molecule has 0 saturated carbocycles. The molecule has 0 fully saturated rings. The molecule has 0 heterocycles. The van der Waals surface area contributed by atoms with E-state index in [4.69, 9.17) is 17.0 Å². The molecule has 0 atom stereocenters. The Morgan fingerprint density at radius 3 is 2.50 bits per heavy atom. The van der Waals surface area contributed by atoms with Crippen molar-refractivity contribution in [2.45, 2.75) is 20.8 Å². The van der Waals surface area contributed by atoms with Crippen LogP contribution in [0.5, 0.6) is 0 Å². The van der Waals surface area contributed by atoms with Gasteiger partial charge in [0.15, 0.2) is 0 Å². The predicted molar refractivity (Wildman–Crippen MR) is 77.8 cm³/mol. The van der Waals surface area contributed by atoms with Gasteiger partial charge in [0.1, 0.15) is 0 Å². The molecule has 0 amide bonds. The zero-order valence-electron chi connectivity index (χ0n) is 11.4. The fourth-order valence-corrected chi connectivity index (χ4v) is 2.01. The van der Waals surface area contributed by atoms with Crippen LogP contribution >= 0.6 is 12.2 Å². The predicted octanol–water partition coefficient (Wildman–Crippen LogP) is 1.73. The molecule has 0 aliphatic heterocycles. The van der Waals surface area contributed by atoms with Crippen LogP contribution in [0.3, 0.4) is 0 Å². The smallest absolute Gasteiger partial charge is 0.220 e. The van der Waals surface area contributed by atoms with Crippen LogP contribution in [-0.2, 0) is 4.74 Å². The summed E-state index contributed by atoms with van der Waals surface area (Å²) >= 11 is 4.90. The van der Waals surface area contributed by atoms with Gasteiger partial charge in [-0.25, -0.2) is 0 Å². The molecule has 1 aromatic rings. The summed E-state index contributed by atoms with van der Waals surface area (Å²) in [6, 6.07) is 0. The summed E-state index contributed by atoms with van der Waals surface area (Å²) in [5.74, 6) is 0. The van der Waals surface area contributed by atoms with E-state index in [1.807, 2.05) is 6.92 Å². The maximum absolute atomic E-state index is 11.3. The molecule has 5 heteroatoms. The second kappa shape index (κ2) is 7.61. The Hall–Kier alpha value is -0.780. The standard InChI is InChI=1S/C13H22N2O2S/c1-4-15(5-2)7-9-17-8-6-14-11-10(3)13(18)12(11)16/h14H,4-9H2,1-3H3. The van der Waals surface area contributed by atoms with E-state index in [0.717, 1.165) is 31.8 Å². The number of hydrogen-bond acceptors (Lipinski definition) is 5. The summed E-state index contributed by atoms with van der Waals surface area (Å²) in [6.07, 6.45) is 0. The number of nitrogens with one attached hydrogen (secondary N) is 1. The van der Waals surface area contributed by atoms with Crippen LogP contribution in [0.1, 0.15) is 19.4 Å². The number of hydrogen-bond donors (Lipinski definition) is 1. The molecule has 0 saturated heterocycles. The number of nitrogens with zero attached hydrogens (tertiary/aromatic N) is 1. The van der Waals surface area contributed by atoms with Crippen molar-refractivity contribution < 1.29 is 4.74 Å². The molecule has 0 bridgehead atoms. The van der Waals surface area contributed by atoms with Gasteiger partial charge in [-0.2, -0.15) is 0 Å². The second-order valence-corrected chi connectivity index (χ2v) is 4.63. The summed E-state index contributed by atoms with van der Waals surface area (Å²) < 4.78 is 5.97. The van der Waals surface area contributed by atoms with Gasteiger partial charge in [0.05, 0.1) is 23.4 Å². The van der Waals surface area contributed by atoms with Crippen molar-refractivity contribution in [1.29, 1.82) is 0 Å². The summed E-state index contributed by atoms with van der Waals surface area (Å²) in [6.45, 7) is 11.2. The van der Waals surface area contributed by atoms with Crippen LogP contribution in [0.4, 0.5) is 5.69 Å². The van der Waals surface area contributed by atoms with E-state index < -0.39 is 0 Å². The van der Waals surface area contributed by atoms with Crippen molar-refractivity contribution in [2.24, 2.45) is 0 Å². The largest absolute Gasteiger partial charge is 0.379 e. The molecule has 0 aliphatic carbocycles. The minimum Gasteiger partial charge on any atom is -0.379 e. The van der Waals surface area contributed by atoms with Crippen LogP contribution in [0.25, 0.3) is 0 Å². The van der Waals surface area contributed by atoms with E-state index in [1.165, 1.54) is 0 Å². The summed E-state index contributed by atoms with van der Waals surface area (Å²) in [7, 11) is 0. The van der Waals surface area contributed by atoms with E-state index in [0.29, 0.717) is 23.3 Å². The van der Waals surface area contributed by atoms with E-state index in [1.54, 1.807) is 0 Å². The average molecular weight is 270 g/mol. The summed E-state index contributed by atoms with van der Waals surface area (Å²) in [5.41, 5.74) is 1.52.